The first-order valence-electron chi connectivity index (χ1n) is 6.80. The first-order chi connectivity index (χ1) is 10.2. The van der Waals surface area contributed by atoms with Gasteiger partial charge in [-0.2, -0.15) is 0 Å². The third kappa shape index (κ3) is 3.03. The Balaban J connectivity index is 1.86. The Morgan fingerprint density at radius 3 is 2.86 bits per heavy atom. The van der Waals surface area contributed by atoms with Crippen LogP contribution in [0.25, 0.3) is 0 Å². The molecule has 0 spiro atoms. The van der Waals surface area contributed by atoms with Crippen molar-refractivity contribution in [2.75, 3.05) is 10.2 Å². The van der Waals surface area contributed by atoms with E-state index in [-0.39, 0.29) is 0 Å². The minimum absolute atomic E-state index is 0.335. The number of benzene rings is 2. The second-order valence-electron chi connectivity index (χ2n) is 4.76. The van der Waals surface area contributed by atoms with Gasteiger partial charge in [0.1, 0.15) is 0 Å². The molecule has 0 bridgehead atoms. The monoisotopic (exact) mass is 334 g/mol. The number of hydrogen-bond acceptors (Lipinski definition) is 2. The van der Waals surface area contributed by atoms with Crippen molar-refractivity contribution in [1.29, 1.82) is 0 Å². The Hall–Kier alpha value is -1.23. The Bertz CT molecular complexity index is 675. The zero-order valence-corrected chi connectivity index (χ0v) is 13.9. The molecular weight excluding hydrogens is 320 g/mol. The molecule has 1 unspecified atom stereocenters. The summed E-state index contributed by atoms with van der Waals surface area (Å²) < 4.78 is 0. The highest BCUT2D eigenvalue weighted by Gasteiger charge is 2.31. The van der Waals surface area contributed by atoms with E-state index < -0.39 is 0 Å². The molecular formula is C16H15ClN2S2. The molecule has 2 aromatic rings. The molecule has 1 aliphatic heterocycles. The Morgan fingerprint density at radius 2 is 2.10 bits per heavy atom. The summed E-state index contributed by atoms with van der Waals surface area (Å²) in [6.45, 7) is 2.18. The van der Waals surface area contributed by atoms with Gasteiger partial charge in [-0.3, -0.25) is 0 Å². The van der Waals surface area contributed by atoms with E-state index in [1.54, 1.807) is 0 Å². The number of rotatable bonds is 2. The molecule has 2 nitrogen and oxygen atoms in total. The predicted molar refractivity (Wildman–Crippen MR) is 96.5 cm³/mol. The lowest BCUT2D eigenvalue weighted by atomic mass is 10.3. The van der Waals surface area contributed by atoms with Crippen molar-refractivity contribution in [3.8, 4) is 0 Å². The van der Waals surface area contributed by atoms with E-state index in [1.165, 1.54) is 10.6 Å². The average molecular weight is 335 g/mol. The van der Waals surface area contributed by atoms with Gasteiger partial charge in [0, 0.05) is 15.6 Å². The number of nitrogens with one attached hydrogen (secondary N) is 1. The molecule has 0 fully saturated rings. The normalized spacial score (nSPS) is 16.7. The summed E-state index contributed by atoms with van der Waals surface area (Å²) in [5.74, 6) is 0. The number of thioether (sulfide) groups is 1. The van der Waals surface area contributed by atoms with E-state index in [4.69, 9.17) is 23.8 Å². The standard InChI is InChI=1S/C16H15ClN2S2/c1-2-15-19(13-8-3-4-9-14(13)21-15)16(20)18-12-7-5-6-11(17)10-12/h3-10,15H,2H2,1H3,(H,18,20). The SMILES string of the molecule is CCC1Sc2ccccc2N1C(=S)Nc1cccc(Cl)c1. The molecule has 0 radical (unpaired) electrons. The molecule has 0 amide bonds. The van der Waals surface area contributed by atoms with E-state index in [2.05, 4.69) is 35.3 Å². The van der Waals surface area contributed by atoms with Crippen LogP contribution in [-0.2, 0) is 0 Å². The number of anilines is 2. The van der Waals surface area contributed by atoms with Crippen molar-refractivity contribution in [2.24, 2.45) is 0 Å². The van der Waals surface area contributed by atoms with Crippen LogP contribution < -0.4 is 10.2 Å². The highest BCUT2D eigenvalue weighted by atomic mass is 35.5. The molecule has 0 saturated carbocycles. The molecule has 5 heteroatoms. The first kappa shape index (κ1) is 14.7. The molecule has 3 rings (SSSR count). The molecule has 1 heterocycles. The molecule has 21 heavy (non-hydrogen) atoms. The van der Waals surface area contributed by atoms with Gasteiger partial charge in [-0.25, -0.2) is 0 Å². The van der Waals surface area contributed by atoms with Gasteiger partial charge >= 0.3 is 0 Å². The molecule has 1 atom stereocenters. The minimum atomic E-state index is 0.335. The third-order valence-electron chi connectivity index (χ3n) is 3.32. The van der Waals surface area contributed by atoms with Crippen molar-refractivity contribution in [3.63, 3.8) is 0 Å². The van der Waals surface area contributed by atoms with E-state index >= 15 is 0 Å². The van der Waals surface area contributed by atoms with Crippen molar-refractivity contribution >= 4 is 52.1 Å². The number of nitrogens with zero attached hydrogens (tertiary/aromatic N) is 1. The fourth-order valence-electron chi connectivity index (χ4n) is 2.37. The van der Waals surface area contributed by atoms with Crippen LogP contribution in [0.2, 0.25) is 5.02 Å². The first-order valence-corrected chi connectivity index (χ1v) is 8.47. The summed E-state index contributed by atoms with van der Waals surface area (Å²) in [6.07, 6.45) is 1.02. The highest BCUT2D eigenvalue weighted by molar-refractivity contribution is 8.00. The molecule has 1 aliphatic rings. The maximum absolute atomic E-state index is 6.02. The number of halogens is 1. The predicted octanol–water partition coefficient (Wildman–Crippen LogP) is 5.39. The van der Waals surface area contributed by atoms with Crippen LogP contribution in [0.1, 0.15) is 13.3 Å². The topological polar surface area (TPSA) is 15.3 Å². The van der Waals surface area contributed by atoms with Crippen LogP contribution >= 0.6 is 35.6 Å². The van der Waals surface area contributed by atoms with Crippen LogP contribution in [0.5, 0.6) is 0 Å². The maximum atomic E-state index is 6.02. The number of hydrogen-bond donors (Lipinski definition) is 1. The van der Waals surface area contributed by atoms with Crippen LogP contribution in [0.15, 0.2) is 53.4 Å². The molecule has 2 aromatic carbocycles. The van der Waals surface area contributed by atoms with Gasteiger partial charge < -0.3 is 10.2 Å². The Kier molecular flexibility index (Phi) is 4.38. The lowest BCUT2D eigenvalue weighted by Crippen LogP contribution is -2.38. The largest absolute Gasteiger partial charge is 0.332 e. The highest BCUT2D eigenvalue weighted by Crippen LogP contribution is 2.44. The van der Waals surface area contributed by atoms with Gasteiger partial charge in [-0.05, 0) is 49.0 Å². The fourth-order valence-corrected chi connectivity index (χ4v) is 4.20. The summed E-state index contributed by atoms with van der Waals surface area (Å²) in [6, 6.07) is 16.0. The van der Waals surface area contributed by atoms with Gasteiger partial charge in [0.25, 0.3) is 0 Å². The van der Waals surface area contributed by atoms with E-state index in [0.717, 1.165) is 12.1 Å². The summed E-state index contributed by atoms with van der Waals surface area (Å²) in [7, 11) is 0. The summed E-state index contributed by atoms with van der Waals surface area (Å²) in [4.78, 5) is 3.47. The minimum Gasteiger partial charge on any atom is -0.332 e. The number of fused-ring (bicyclic) bond motifs is 1. The van der Waals surface area contributed by atoms with Crippen molar-refractivity contribution < 1.29 is 0 Å². The second kappa shape index (κ2) is 6.26. The summed E-state index contributed by atoms with van der Waals surface area (Å²) in [5, 5.41) is 5.03. The lowest BCUT2D eigenvalue weighted by Gasteiger charge is -2.26. The number of thiocarbonyl (C=S) groups is 1. The van der Waals surface area contributed by atoms with Crippen LogP contribution in [0.4, 0.5) is 11.4 Å². The van der Waals surface area contributed by atoms with Crippen molar-refractivity contribution in [1.82, 2.24) is 0 Å². The molecule has 0 saturated heterocycles. The van der Waals surface area contributed by atoms with Crippen LogP contribution in [0, 0.1) is 0 Å². The van der Waals surface area contributed by atoms with Gasteiger partial charge in [-0.15, -0.1) is 0 Å². The molecule has 0 aromatic heterocycles. The van der Waals surface area contributed by atoms with Crippen molar-refractivity contribution in [3.05, 3.63) is 53.6 Å². The van der Waals surface area contributed by atoms with Gasteiger partial charge in [-0.1, -0.05) is 48.5 Å². The quantitative estimate of drug-likeness (QED) is 0.741. The van der Waals surface area contributed by atoms with Crippen molar-refractivity contribution in [2.45, 2.75) is 23.6 Å². The third-order valence-corrected chi connectivity index (χ3v) is 5.27. The Morgan fingerprint density at radius 1 is 1.29 bits per heavy atom. The zero-order valence-electron chi connectivity index (χ0n) is 11.5. The van der Waals surface area contributed by atoms with Gasteiger partial charge in [0.2, 0.25) is 0 Å². The summed E-state index contributed by atoms with van der Waals surface area (Å²) in [5.41, 5.74) is 2.09. The van der Waals surface area contributed by atoms with Gasteiger partial charge in [0.15, 0.2) is 5.11 Å². The van der Waals surface area contributed by atoms with E-state index in [9.17, 15) is 0 Å². The average Bonchev–Trinajstić information content (AvgIpc) is 2.85. The zero-order chi connectivity index (χ0) is 14.8. The smallest absolute Gasteiger partial charge is 0.178 e. The lowest BCUT2D eigenvalue weighted by molar-refractivity contribution is 0.861. The van der Waals surface area contributed by atoms with E-state index in [0.29, 0.717) is 15.5 Å². The Labute approximate surface area is 139 Å². The number of para-hydroxylation sites is 1. The molecule has 0 aliphatic carbocycles. The molecule has 1 N–H and O–H groups in total. The van der Waals surface area contributed by atoms with Gasteiger partial charge in [0.05, 0.1) is 11.1 Å². The second-order valence-corrected chi connectivity index (χ2v) is 6.80. The van der Waals surface area contributed by atoms with E-state index in [1.807, 2.05) is 42.1 Å². The van der Waals surface area contributed by atoms with Crippen LogP contribution in [0.3, 0.4) is 0 Å². The molecule has 108 valence electrons. The maximum Gasteiger partial charge on any atom is 0.178 e. The van der Waals surface area contributed by atoms with Crippen LogP contribution in [-0.4, -0.2) is 10.5 Å². The summed E-state index contributed by atoms with van der Waals surface area (Å²) >= 11 is 13.5. The fraction of sp³-hybridized carbons (Fsp3) is 0.188.